The number of rotatable bonds is 1. The molecule has 0 bridgehead atoms. The second-order valence-electron chi connectivity index (χ2n) is 2.70. The molecule has 1 amide bonds. The van der Waals surface area contributed by atoms with Gasteiger partial charge in [-0.3, -0.25) is 9.78 Å². The molecule has 1 N–H and O–H groups in total. The van der Waals surface area contributed by atoms with Crippen molar-refractivity contribution < 1.29 is 4.79 Å². The highest BCUT2D eigenvalue weighted by molar-refractivity contribution is 7.21. The molecule has 0 fully saturated rings. The minimum Gasteiger partial charge on any atom is -0.354 e. The molecule has 5 heteroatoms. The van der Waals surface area contributed by atoms with E-state index in [4.69, 9.17) is 11.6 Å². The minimum absolute atomic E-state index is 0.107. The predicted octanol–water partition coefficient (Wildman–Crippen LogP) is 2.31. The van der Waals surface area contributed by atoms with E-state index in [2.05, 4.69) is 10.3 Å². The van der Waals surface area contributed by atoms with Crippen molar-refractivity contribution >= 4 is 39.1 Å². The van der Waals surface area contributed by atoms with Gasteiger partial charge in [-0.1, -0.05) is 11.6 Å². The maximum atomic E-state index is 11.3. The second-order valence-corrected chi connectivity index (χ2v) is 4.16. The number of hydrogen-bond acceptors (Lipinski definition) is 3. The van der Waals surface area contributed by atoms with Crippen LogP contribution in [0.1, 0.15) is 9.67 Å². The van der Waals surface area contributed by atoms with E-state index in [-0.39, 0.29) is 5.91 Å². The fourth-order valence-corrected chi connectivity index (χ4v) is 2.38. The molecule has 0 aliphatic carbocycles. The first-order chi connectivity index (χ1) is 6.72. The molecule has 0 aliphatic heterocycles. The molecule has 0 radical (unpaired) electrons. The molecule has 0 spiro atoms. The van der Waals surface area contributed by atoms with Gasteiger partial charge in [-0.05, 0) is 12.1 Å². The Balaban J connectivity index is 2.62. The Labute approximate surface area is 89.7 Å². The summed E-state index contributed by atoms with van der Waals surface area (Å²) in [5.41, 5.74) is 0.765. The van der Waals surface area contributed by atoms with Crippen LogP contribution in [0, 0.1) is 0 Å². The van der Waals surface area contributed by atoms with Crippen molar-refractivity contribution in [1.29, 1.82) is 0 Å². The van der Waals surface area contributed by atoms with E-state index in [0.29, 0.717) is 9.90 Å². The van der Waals surface area contributed by atoms with Crippen LogP contribution in [0.25, 0.3) is 10.2 Å². The fourth-order valence-electron chi connectivity index (χ4n) is 1.14. The van der Waals surface area contributed by atoms with Crippen molar-refractivity contribution in [2.24, 2.45) is 0 Å². The Kier molecular flexibility index (Phi) is 2.39. The van der Waals surface area contributed by atoms with E-state index in [1.54, 1.807) is 25.4 Å². The van der Waals surface area contributed by atoms with Gasteiger partial charge in [0.25, 0.3) is 5.91 Å². The largest absolute Gasteiger partial charge is 0.354 e. The quantitative estimate of drug-likeness (QED) is 0.811. The van der Waals surface area contributed by atoms with Gasteiger partial charge in [-0.15, -0.1) is 11.3 Å². The number of aromatic nitrogens is 1. The fraction of sp³-hybridized carbons (Fsp3) is 0.111. The molecule has 2 aromatic rings. The standard InChI is InChI=1S/C9H7ClN2OS/c1-11-9(13)7-4-6-8(14-7)5(10)2-3-12-6/h2-4H,1H3,(H,11,13). The number of carbonyl (C=O) groups is 1. The Bertz CT molecular complexity index is 495. The summed E-state index contributed by atoms with van der Waals surface area (Å²) in [6.45, 7) is 0. The van der Waals surface area contributed by atoms with Crippen LogP contribution in [0.3, 0.4) is 0 Å². The van der Waals surface area contributed by atoms with Crippen molar-refractivity contribution in [3.05, 3.63) is 28.2 Å². The van der Waals surface area contributed by atoms with E-state index < -0.39 is 0 Å². The zero-order chi connectivity index (χ0) is 10.1. The summed E-state index contributed by atoms with van der Waals surface area (Å²) < 4.78 is 0.854. The highest BCUT2D eigenvalue weighted by Gasteiger charge is 2.10. The van der Waals surface area contributed by atoms with Gasteiger partial charge >= 0.3 is 0 Å². The van der Waals surface area contributed by atoms with Crippen molar-refractivity contribution in [1.82, 2.24) is 10.3 Å². The Morgan fingerprint density at radius 1 is 1.64 bits per heavy atom. The first-order valence-electron chi connectivity index (χ1n) is 3.98. The summed E-state index contributed by atoms with van der Waals surface area (Å²) in [6.07, 6.45) is 1.63. The lowest BCUT2D eigenvalue weighted by molar-refractivity contribution is 0.0967. The third-order valence-electron chi connectivity index (χ3n) is 1.81. The second kappa shape index (κ2) is 3.55. The Hall–Kier alpha value is -1.13. The first kappa shape index (κ1) is 9.43. The molecule has 0 aliphatic rings. The zero-order valence-electron chi connectivity index (χ0n) is 7.37. The predicted molar refractivity (Wildman–Crippen MR) is 58.0 cm³/mol. The Morgan fingerprint density at radius 3 is 3.07 bits per heavy atom. The van der Waals surface area contributed by atoms with Gasteiger partial charge < -0.3 is 5.32 Å². The number of pyridine rings is 1. The average molecular weight is 227 g/mol. The molecule has 2 aromatic heterocycles. The lowest BCUT2D eigenvalue weighted by atomic mass is 10.3. The molecule has 0 saturated carbocycles. The summed E-state index contributed by atoms with van der Waals surface area (Å²) in [4.78, 5) is 16.1. The van der Waals surface area contributed by atoms with E-state index in [9.17, 15) is 4.79 Å². The van der Waals surface area contributed by atoms with Crippen LogP contribution in [0.4, 0.5) is 0 Å². The zero-order valence-corrected chi connectivity index (χ0v) is 8.95. The number of amides is 1. The molecule has 14 heavy (non-hydrogen) atoms. The van der Waals surface area contributed by atoms with Gasteiger partial charge in [0.2, 0.25) is 0 Å². The van der Waals surface area contributed by atoms with Gasteiger partial charge in [-0.2, -0.15) is 0 Å². The molecular weight excluding hydrogens is 220 g/mol. The summed E-state index contributed by atoms with van der Waals surface area (Å²) in [7, 11) is 1.60. The van der Waals surface area contributed by atoms with Gasteiger partial charge in [0, 0.05) is 13.2 Å². The van der Waals surface area contributed by atoms with Crippen LogP contribution < -0.4 is 5.32 Å². The molecule has 0 unspecified atom stereocenters. The maximum Gasteiger partial charge on any atom is 0.261 e. The molecule has 2 rings (SSSR count). The normalized spacial score (nSPS) is 10.4. The van der Waals surface area contributed by atoms with Crippen LogP contribution in [-0.4, -0.2) is 17.9 Å². The summed E-state index contributed by atoms with van der Waals surface area (Å²) in [6, 6.07) is 3.46. The number of hydrogen-bond donors (Lipinski definition) is 1. The van der Waals surface area contributed by atoms with Crippen LogP contribution >= 0.6 is 22.9 Å². The van der Waals surface area contributed by atoms with Crippen LogP contribution in [0.5, 0.6) is 0 Å². The van der Waals surface area contributed by atoms with Crippen LogP contribution in [0.2, 0.25) is 5.02 Å². The van der Waals surface area contributed by atoms with Gasteiger partial charge in [0.05, 0.1) is 20.1 Å². The minimum atomic E-state index is -0.107. The van der Waals surface area contributed by atoms with Crippen molar-refractivity contribution in [3.63, 3.8) is 0 Å². The average Bonchev–Trinajstić information content (AvgIpc) is 2.62. The summed E-state index contributed by atoms with van der Waals surface area (Å²) in [5.74, 6) is -0.107. The molecule has 72 valence electrons. The van der Waals surface area contributed by atoms with Gasteiger partial charge in [-0.25, -0.2) is 0 Å². The number of fused-ring (bicyclic) bond motifs is 1. The Morgan fingerprint density at radius 2 is 2.43 bits per heavy atom. The molecule has 2 heterocycles. The summed E-state index contributed by atoms with van der Waals surface area (Å²) in [5, 5.41) is 3.20. The highest BCUT2D eigenvalue weighted by Crippen LogP contribution is 2.29. The van der Waals surface area contributed by atoms with E-state index in [0.717, 1.165) is 10.2 Å². The SMILES string of the molecule is CNC(=O)c1cc2nccc(Cl)c2s1. The lowest BCUT2D eigenvalue weighted by Gasteiger charge is -1.91. The van der Waals surface area contributed by atoms with Crippen LogP contribution in [0.15, 0.2) is 18.3 Å². The van der Waals surface area contributed by atoms with Crippen molar-refractivity contribution in [3.8, 4) is 0 Å². The van der Waals surface area contributed by atoms with E-state index >= 15 is 0 Å². The highest BCUT2D eigenvalue weighted by atomic mass is 35.5. The van der Waals surface area contributed by atoms with Crippen molar-refractivity contribution in [2.45, 2.75) is 0 Å². The van der Waals surface area contributed by atoms with E-state index in [1.807, 2.05) is 0 Å². The van der Waals surface area contributed by atoms with Crippen LogP contribution in [-0.2, 0) is 0 Å². The number of nitrogens with one attached hydrogen (secondary N) is 1. The third-order valence-corrected chi connectivity index (χ3v) is 3.40. The molecule has 0 atom stereocenters. The first-order valence-corrected chi connectivity index (χ1v) is 5.18. The number of carbonyl (C=O) groups excluding carboxylic acids is 1. The van der Waals surface area contributed by atoms with Gasteiger partial charge in [0.15, 0.2) is 0 Å². The summed E-state index contributed by atoms with van der Waals surface area (Å²) >= 11 is 7.31. The van der Waals surface area contributed by atoms with Gasteiger partial charge in [0.1, 0.15) is 0 Å². The third kappa shape index (κ3) is 1.47. The number of halogens is 1. The molecule has 0 saturated heterocycles. The number of nitrogens with zero attached hydrogens (tertiary/aromatic N) is 1. The molecule has 3 nitrogen and oxygen atoms in total. The van der Waals surface area contributed by atoms with E-state index in [1.165, 1.54) is 11.3 Å². The molecular formula is C9H7ClN2OS. The molecule has 0 aromatic carbocycles. The maximum absolute atomic E-state index is 11.3. The number of thiophene rings is 1. The topological polar surface area (TPSA) is 42.0 Å². The van der Waals surface area contributed by atoms with Crippen molar-refractivity contribution in [2.75, 3.05) is 7.05 Å². The smallest absolute Gasteiger partial charge is 0.261 e. The monoisotopic (exact) mass is 226 g/mol. The lowest BCUT2D eigenvalue weighted by Crippen LogP contribution is -2.15.